The first-order valence-electron chi connectivity index (χ1n) is 10.5. The maximum absolute atomic E-state index is 13.5. The van der Waals surface area contributed by atoms with Gasteiger partial charge in [0.05, 0.1) is 10.7 Å². The molecule has 8 heteroatoms. The molecule has 0 spiro atoms. The summed E-state index contributed by atoms with van der Waals surface area (Å²) in [5, 5.41) is 16.9. The van der Waals surface area contributed by atoms with Gasteiger partial charge in [0.25, 0.3) is 0 Å². The monoisotopic (exact) mass is 449 g/mol. The van der Waals surface area contributed by atoms with E-state index in [1.54, 1.807) is 30.3 Å². The number of halogens is 2. The quantitative estimate of drug-likeness (QED) is 0.547. The van der Waals surface area contributed by atoms with Crippen molar-refractivity contribution in [1.29, 1.82) is 0 Å². The number of piperidine rings is 1. The van der Waals surface area contributed by atoms with Crippen LogP contribution in [0.5, 0.6) is 5.75 Å². The number of aliphatic hydroxyl groups excluding tert-OH is 1. The molecule has 0 radical (unpaired) electrons. The first kappa shape index (κ1) is 23.5. The molecule has 31 heavy (non-hydrogen) atoms. The van der Waals surface area contributed by atoms with Crippen LogP contribution in [0.15, 0.2) is 42.5 Å². The van der Waals surface area contributed by atoms with Crippen molar-refractivity contribution in [3.05, 3.63) is 58.9 Å². The van der Waals surface area contributed by atoms with E-state index in [2.05, 4.69) is 15.5 Å². The lowest BCUT2D eigenvalue weighted by Gasteiger charge is -2.36. The van der Waals surface area contributed by atoms with Crippen LogP contribution >= 0.6 is 11.6 Å². The molecular weight excluding hydrogens is 421 g/mol. The molecule has 3 rings (SSSR count). The Balaban J connectivity index is 1.64. The minimum absolute atomic E-state index is 0.0856. The molecule has 1 amide bonds. The zero-order chi connectivity index (χ0) is 22.2. The van der Waals surface area contributed by atoms with E-state index in [4.69, 9.17) is 16.3 Å². The van der Waals surface area contributed by atoms with Crippen molar-refractivity contribution >= 4 is 23.2 Å². The number of anilines is 1. The van der Waals surface area contributed by atoms with Crippen molar-refractivity contribution in [2.75, 3.05) is 31.6 Å². The van der Waals surface area contributed by atoms with Crippen LogP contribution in [0.1, 0.15) is 25.3 Å². The molecule has 1 atom stereocenters. The van der Waals surface area contributed by atoms with Crippen LogP contribution in [0.3, 0.4) is 0 Å². The van der Waals surface area contributed by atoms with Gasteiger partial charge in [-0.15, -0.1) is 0 Å². The first-order chi connectivity index (χ1) is 14.9. The smallest absolute Gasteiger partial charge is 0.221 e. The summed E-state index contributed by atoms with van der Waals surface area (Å²) < 4.78 is 19.3. The number of hydrogen-bond donors (Lipinski definition) is 3. The normalized spacial score (nSPS) is 15.6. The van der Waals surface area contributed by atoms with E-state index < -0.39 is 11.9 Å². The Morgan fingerprint density at radius 2 is 2.06 bits per heavy atom. The molecule has 0 aliphatic carbocycles. The van der Waals surface area contributed by atoms with Gasteiger partial charge in [-0.3, -0.25) is 9.69 Å². The summed E-state index contributed by atoms with van der Waals surface area (Å²) in [5.41, 5.74) is 1.47. The van der Waals surface area contributed by atoms with Gasteiger partial charge in [-0.25, -0.2) is 4.39 Å². The third-order valence-corrected chi connectivity index (χ3v) is 5.56. The van der Waals surface area contributed by atoms with Gasteiger partial charge < -0.3 is 20.5 Å². The second-order valence-electron chi connectivity index (χ2n) is 7.80. The van der Waals surface area contributed by atoms with Crippen LogP contribution < -0.4 is 15.4 Å². The average Bonchev–Trinajstić information content (AvgIpc) is 2.75. The molecule has 2 aromatic carbocycles. The molecule has 168 valence electrons. The molecular formula is C23H29ClFN3O3. The van der Waals surface area contributed by atoms with E-state index >= 15 is 0 Å². The molecule has 1 fully saturated rings. The van der Waals surface area contributed by atoms with E-state index in [-0.39, 0.29) is 17.5 Å². The molecule has 1 saturated heterocycles. The van der Waals surface area contributed by atoms with E-state index in [1.165, 1.54) is 13.0 Å². The topological polar surface area (TPSA) is 73.8 Å². The Morgan fingerprint density at radius 3 is 2.77 bits per heavy atom. The van der Waals surface area contributed by atoms with Crippen LogP contribution in [0.2, 0.25) is 5.02 Å². The Hall–Kier alpha value is -2.19. The van der Waals surface area contributed by atoms with Crippen molar-refractivity contribution in [2.24, 2.45) is 0 Å². The largest absolute Gasteiger partial charge is 0.489 e. The number of nitrogens with one attached hydrogen (secondary N) is 2. The summed E-state index contributed by atoms with van der Waals surface area (Å²) >= 11 is 5.95. The van der Waals surface area contributed by atoms with Crippen LogP contribution in [-0.2, 0) is 11.3 Å². The highest BCUT2D eigenvalue weighted by Gasteiger charge is 2.24. The average molecular weight is 450 g/mol. The molecule has 0 saturated carbocycles. The van der Waals surface area contributed by atoms with Gasteiger partial charge in [0.15, 0.2) is 0 Å². The number of carbonyl (C=O) groups is 1. The third-order valence-electron chi connectivity index (χ3n) is 5.27. The first-order valence-corrected chi connectivity index (χ1v) is 10.9. The predicted octanol–water partition coefficient (Wildman–Crippen LogP) is 3.43. The summed E-state index contributed by atoms with van der Waals surface area (Å²) in [6.45, 7) is 4.32. The van der Waals surface area contributed by atoms with Gasteiger partial charge in [0.1, 0.15) is 24.3 Å². The highest BCUT2D eigenvalue weighted by molar-refractivity contribution is 6.30. The summed E-state index contributed by atoms with van der Waals surface area (Å²) in [6.07, 6.45) is 1.19. The number of para-hydroxylation sites is 2. The highest BCUT2D eigenvalue weighted by atomic mass is 35.5. The molecule has 1 aliphatic rings. The SMILES string of the molecule is CC(=O)Nc1ccccc1OCC(O)CN(Cc1ccc(F)c(Cl)c1)C1CCNCC1. The van der Waals surface area contributed by atoms with E-state index in [9.17, 15) is 14.3 Å². The molecule has 0 bridgehead atoms. The Bertz CT molecular complexity index is 877. The van der Waals surface area contributed by atoms with E-state index in [0.29, 0.717) is 30.6 Å². The fourth-order valence-electron chi connectivity index (χ4n) is 3.78. The molecule has 0 aromatic heterocycles. The maximum Gasteiger partial charge on any atom is 0.221 e. The van der Waals surface area contributed by atoms with Gasteiger partial charge in [0.2, 0.25) is 5.91 Å². The van der Waals surface area contributed by atoms with Crippen molar-refractivity contribution in [3.63, 3.8) is 0 Å². The van der Waals surface area contributed by atoms with E-state index in [0.717, 1.165) is 31.5 Å². The number of amides is 1. The van der Waals surface area contributed by atoms with Crippen molar-refractivity contribution in [1.82, 2.24) is 10.2 Å². The molecule has 3 N–H and O–H groups in total. The van der Waals surface area contributed by atoms with Crippen LogP contribution in [0, 0.1) is 5.82 Å². The van der Waals surface area contributed by atoms with Gasteiger partial charge in [-0.1, -0.05) is 29.8 Å². The summed E-state index contributed by atoms with van der Waals surface area (Å²) in [5.74, 6) is -0.118. The molecule has 6 nitrogen and oxygen atoms in total. The standard InChI is InChI=1S/C23H29ClFN3O3/c1-16(29)27-22-4-2-3-5-23(22)31-15-19(30)14-28(18-8-10-26-11-9-18)13-17-6-7-21(25)20(24)12-17/h2-7,12,18-19,26,30H,8-11,13-15H2,1H3,(H,27,29). The minimum atomic E-state index is -0.740. The number of hydrogen-bond acceptors (Lipinski definition) is 5. The van der Waals surface area contributed by atoms with E-state index in [1.807, 2.05) is 6.07 Å². The zero-order valence-corrected chi connectivity index (χ0v) is 18.4. The molecule has 2 aromatic rings. The number of aliphatic hydroxyl groups is 1. The summed E-state index contributed by atoms with van der Waals surface area (Å²) in [4.78, 5) is 13.6. The van der Waals surface area contributed by atoms with Crippen molar-refractivity contribution in [2.45, 2.75) is 38.5 Å². The number of nitrogens with zero attached hydrogens (tertiary/aromatic N) is 1. The summed E-state index contributed by atoms with van der Waals surface area (Å²) in [6, 6.07) is 12.2. The van der Waals surface area contributed by atoms with Crippen LogP contribution in [0.4, 0.5) is 10.1 Å². The Kier molecular flexibility index (Phi) is 8.66. The summed E-state index contributed by atoms with van der Waals surface area (Å²) in [7, 11) is 0. The molecule has 1 aliphatic heterocycles. The van der Waals surface area contributed by atoms with Crippen molar-refractivity contribution in [3.8, 4) is 5.75 Å². The number of benzene rings is 2. The fraction of sp³-hybridized carbons (Fsp3) is 0.435. The van der Waals surface area contributed by atoms with Gasteiger partial charge in [0, 0.05) is 26.1 Å². The van der Waals surface area contributed by atoms with Gasteiger partial charge in [-0.2, -0.15) is 0 Å². The minimum Gasteiger partial charge on any atom is -0.489 e. The lowest BCUT2D eigenvalue weighted by Crippen LogP contribution is -2.46. The molecule has 1 heterocycles. The maximum atomic E-state index is 13.5. The lowest BCUT2D eigenvalue weighted by atomic mass is 10.0. The number of rotatable bonds is 9. The van der Waals surface area contributed by atoms with Gasteiger partial charge in [-0.05, 0) is 55.8 Å². The molecule has 1 unspecified atom stereocenters. The van der Waals surface area contributed by atoms with Crippen LogP contribution in [0.25, 0.3) is 0 Å². The zero-order valence-electron chi connectivity index (χ0n) is 17.6. The predicted molar refractivity (Wildman–Crippen MR) is 120 cm³/mol. The Labute approximate surface area is 187 Å². The number of carbonyl (C=O) groups excluding carboxylic acids is 1. The highest BCUT2D eigenvalue weighted by Crippen LogP contribution is 2.24. The second-order valence-corrected chi connectivity index (χ2v) is 8.21. The lowest BCUT2D eigenvalue weighted by molar-refractivity contribution is -0.114. The van der Waals surface area contributed by atoms with Gasteiger partial charge >= 0.3 is 0 Å². The fourth-order valence-corrected chi connectivity index (χ4v) is 3.98. The third kappa shape index (κ3) is 7.18. The Morgan fingerprint density at radius 1 is 1.32 bits per heavy atom. The second kappa shape index (κ2) is 11.4. The van der Waals surface area contributed by atoms with Crippen molar-refractivity contribution < 1.29 is 19.0 Å². The van der Waals surface area contributed by atoms with Crippen LogP contribution in [-0.4, -0.2) is 54.3 Å². The number of ether oxygens (including phenoxy) is 1.